The summed E-state index contributed by atoms with van der Waals surface area (Å²) in [6, 6.07) is 10.4. The van der Waals surface area contributed by atoms with E-state index < -0.39 is 17.6 Å². The summed E-state index contributed by atoms with van der Waals surface area (Å²) in [7, 11) is 0. The number of nitrogens with one attached hydrogen (secondary N) is 1. The molecule has 0 fully saturated rings. The maximum absolute atomic E-state index is 13.5. The van der Waals surface area contributed by atoms with Crippen molar-refractivity contribution in [3.63, 3.8) is 0 Å². The number of halogens is 4. The number of nitrogens with zero attached hydrogens (tertiary/aromatic N) is 1. The van der Waals surface area contributed by atoms with Gasteiger partial charge in [0.1, 0.15) is 5.82 Å². The standard InChI is InChI=1S/C15H10F4N2/c16-14-5-4-10(8-20)6-11(14)9-21-13-3-1-2-12(7-13)15(17,18)19/h1-7,21H,9H2. The Morgan fingerprint density at radius 2 is 1.86 bits per heavy atom. The van der Waals surface area contributed by atoms with E-state index in [1.54, 1.807) is 0 Å². The van der Waals surface area contributed by atoms with Crippen LogP contribution >= 0.6 is 0 Å². The highest BCUT2D eigenvalue weighted by molar-refractivity contribution is 5.47. The van der Waals surface area contributed by atoms with Gasteiger partial charge in [-0.3, -0.25) is 0 Å². The van der Waals surface area contributed by atoms with Gasteiger partial charge in [0.2, 0.25) is 0 Å². The van der Waals surface area contributed by atoms with Gasteiger partial charge in [-0.25, -0.2) is 4.39 Å². The van der Waals surface area contributed by atoms with Crippen LogP contribution in [0.5, 0.6) is 0 Å². The zero-order chi connectivity index (χ0) is 15.5. The lowest BCUT2D eigenvalue weighted by atomic mass is 10.1. The lowest BCUT2D eigenvalue weighted by Crippen LogP contribution is -2.07. The fourth-order valence-corrected chi connectivity index (χ4v) is 1.78. The van der Waals surface area contributed by atoms with Crippen molar-refractivity contribution >= 4 is 5.69 Å². The first-order valence-corrected chi connectivity index (χ1v) is 6.00. The maximum atomic E-state index is 13.5. The second-order valence-electron chi connectivity index (χ2n) is 4.35. The first-order chi connectivity index (χ1) is 9.90. The van der Waals surface area contributed by atoms with Gasteiger partial charge in [-0.1, -0.05) is 6.07 Å². The van der Waals surface area contributed by atoms with Crippen LogP contribution in [0.3, 0.4) is 0 Å². The van der Waals surface area contributed by atoms with E-state index in [0.717, 1.165) is 18.2 Å². The third kappa shape index (κ3) is 3.72. The van der Waals surface area contributed by atoms with Crippen LogP contribution in [0, 0.1) is 17.1 Å². The lowest BCUT2D eigenvalue weighted by molar-refractivity contribution is -0.137. The molecule has 0 amide bonds. The molecule has 2 aromatic carbocycles. The van der Waals surface area contributed by atoms with Crippen molar-refractivity contribution in [3.8, 4) is 6.07 Å². The highest BCUT2D eigenvalue weighted by Crippen LogP contribution is 2.30. The van der Waals surface area contributed by atoms with E-state index in [1.807, 2.05) is 6.07 Å². The molecule has 0 radical (unpaired) electrons. The minimum Gasteiger partial charge on any atom is -0.381 e. The molecule has 0 aliphatic heterocycles. The van der Waals surface area contributed by atoms with Crippen LogP contribution in [0.2, 0.25) is 0 Å². The highest BCUT2D eigenvalue weighted by Gasteiger charge is 2.30. The lowest BCUT2D eigenvalue weighted by Gasteiger charge is -2.11. The predicted molar refractivity (Wildman–Crippen MR) is 69.9 cm³/mol. The zero-order valence-electron chi connectivity index (χ0n) is 10.7. The number of benzene rings is 2. The first kappa shape index (κ1) is 14.9. The summed E-state index contributed by atoms with van der Waals surface area (Å²) in [6.45, 7) is -0.0112. The van der Waals surface area contributed by atoms with Crippen LogP contribution in [0.25, 0.3) is 0 Å². The number of rotatable bonds is 3. The number of alkyl halides is 3. The maximum Gasteiger partial charge on any atom is 0.416 e. The van der Waals surface area contributed by atoms with Gasteiger partial charge in [0.05, 0.1) is 17.2 Å². The van der Waals surface area contributed by atoms with E-state index in [-0.39, 0.29) is 23.4 Å². The van der Waals surface area contributed by atoms with Crippen LogP contribution in [-0.2, 0) is 12.7 Å². The fraction of sp³-hybridized carbons (Fsp3) is 0.133. The largest absolute Gasteiger partial charge is 0.416 e. The van der Waals surface area contributed by atoms with Crippen LogP contribution in [-0.4, -0.2) is 0 Å². The van der Waals surface area contributed by atoms with Crippen molar-refractivity contribution in [2.45, 2.75) is 12.7 Å². The van der Waals surface area contributed by atoms with Crippen LogP contribution in [0.1, 0.15) is 16.7 Å². The van der Waals surface area contributed by atoms with E-state index in [0.29, 0.717) is 0 Å². The van der Waals surface area contributed by atoms with Crippen LogP contribution in [0.4, 0.5) is 23.2 Å². The van der Waals surface area contributed by atoms with Crippen LogP contribution in [0.15, 0.2) is 42.5 Å². The molecule has 6 heteroatoms. The normalized spacial score (nSPS) is 11.0. The summed E-state index contributed by atoms with van der Waals surface area (Å²) in [5.74, 6) is -0.520. The minimum atomic E-state index is -4.43. The molecule has 2 nitrogen and oxygen atoms in total. The fourth-order valence-electron chi connectivity index (χ4n) is 1.78. The average molecular weight is 294 g/mol. The van der Waals surface area contributed by atoms with Crippen molar-refractivity contribution < 1.29 is 17.6 Å². The van der Waals surface area contributed by atoms with Crippen molar-refractivity contribution in [2.24, 2.45) is 0 Å². The average Bonchev–Trinajstić information content (AvgIpc) is 2.46. The van der Waals surface area contributed by atoms with E-state index in [1.165, 1.54) is 24.3 Å². The Balaban J connectivity index is 2.16. The SMILES string of the molecule is N#Cc1ccc(F)c(CNc2cccc(C(F)(F)F)c2)c1. The molecular formula is C15H10F4N2. The molecule has 2 rings (SSSR count). The van der Waals surface area contributed by atoms with Gasteiger partial charge >= 0.3 is 6.18 Å². The molecular weight excluding hydrogens is 284 g/mol. The van der Waals surface area contributed by atoms with Gasteiger partial charge in [-0.15, -0.1) is 0 Å². The van der Waals surface area contributed by atoms with Gasteiger partial charge < -0.3 is 5.32 Å². The van der Waals surface area contributed by atoms with Gasteiger partial charge in [-0.05, 0) is 36.4 Å². The van der Waals surface area contributed by atoms with Crippen molar-refractivity contribution in [3.05, 3.63) is 65.0 Å². The van der Waals surface area contributed by atoms with Gasteiger partial charge in [0.15, 0.2) is 0 Å². The van der Waals surface area contributed by atoms with Gasteiger partial charge in [0.25, 0.3) is 0 Å². The smallest absolute Gasteiger partial charge is 0.381 e. The molecule has 2 aromatic rings. The quantitative estimate of drug-likeness (QED) is 0.855. The molecule has 1 N–H and O–H groups in total. The molecule has 0 saturated carbocycles. The molecule has 0 heterocycles. The molecule has 108 valence electrons. The zero-order valence-corrected chi connectivity index (χ0v) is 10.7. The molecule has 0 aliphatic carbocycles. The second-order valence-corrected chi connectivity index (χ2v) is 4.35. The molecule has 21 heavy (non-hydrogen) atoms. The number of nitriles is 1. The molecule has 0 saturated heterocycles. The third-order valence-corrected chi connectivity index (χ3v) is 2.85. The summed E-state index contributed by atoms with van der Waals surface area (Å²) < 4.78 is 51.3. The first-order valence-electron chi connectivity index (χ1n) is 6.00. The predicted octanol–water partition coefficient (Wildman–Crippen LogP) is 4.33. The Labute approximate surface area is 118 Å². The van der Waals surface area contributed by atoms with E-state index in [9.17, 15) is 17.6 Å². The summed E-state index contributed by atoms with van der Waals surface area (Å²) in [6.07, 6.45) is -4.43. The minimum absolute atomic E-state index is 0.0112. The summed E-state index contributed by atoms with van der Waals surface area (Å²) in [4.78, 5) is 0. The number of anilines is 1. The Hall–Kier alpha value is -2.55. The molecule has 0 spiro atoms. The molecule has 0 atom stereocenters. The van der Waals surface area contributed by atoms with Crippen molar-refractivity contribution in [1.82, 2.24) is 0 Å². The van der Waals surface area contributed by atoms with E-state index >= 15 is 0 Å². The topological polar surface area (TPSA) is 35.8 Å². The molecule has 0 unspecified atom stereocenters. The molecule has 0 aromatic heterocycles. The van der Waals surface area contributed by atoms with E-state index in [4.69, 9.17) is 5.26 Å². The number of hydrogen-bond acceptors (Lipinski definition) is 2. The van der Waals surface area contributed by atoms with Gasteiger partial charge in [-0.2, -0.15) is 18.4 Å². The third-order valence-electron chi connectivity index (χ3n) is 2.85. The highest BCUT2D eigenvalue weighted by atomic mass is 19.4. The van der Waals surface area contributed by atoms with Crippen molar-refractivity contribution in [1.29, 1.82) is 5.26 Å². The van der Waals surface area contributed by atoms with Gasteiger partial charge in [0, 0.05) is 17.8 Å². The summed E-state index contributed by atoms with van der Waals surface area (Å²) >= 11 is 0. The van der Waals surface area contributed by atoms with E-state index in [2.05, 4.69) is 5.32 Å². The van der Waals surface area contributed by atoms with Crippen molar-refractivity contribution in [2.75, 3.05) is 5.32 Å². The Morgan fingerprint density at radius 3 is 2.52 bits per heavy atom. The monoisotopic (exact) mass is 294 g/mol. The Bertz CT molecular complexity index is 687. The summed E-state index contributed by atoms with van der Waals surface area (Å²) in [5, 5.41) is 11.5. The number of hydrogen-bond donors (Lipinski definition) is 1. The second kappa shape index (κ2) is 5.83. The Kier molecular flexibility index (Phi) is 4.13. The summed E-state index contributed by atoms with van der Waals surface area (Å²) in [5.41, 5.74) is -0.0472. The molecule has 0 aliphatic rings. The molecule has 0 bridgehead atoms. The van der Waals surface area contributed by atoms with Crippen LogP contribution < -0.4 is 5.32 Å². The Morgan fingerprint density at radius 1 is 1.10 bits per heavy atom.